The van der Waals surface area contributed by atoms with Gasteiger partial charge >= 0.3 is 6.18 Å². The van der Waals surface area contributed by atoms with Gasteiger partial charge in [-0.1, -0.05) is 53.5 Å². The van der Waals surface area contributed by atoms with Crippen LogP contribution in [0.15, 0.2) is 61.1 Å². The third-order valence-corrected chi connectivity index (χ3v) is 5.94. The van der Waals surface area contributed by atoms with Crippen LogP contribution in [-0.4, -0.2) is 25.5 Å². The summed E-state index contributed by atoms with van der Waals surface area (Å²) in [7, 11) is 0. The van der Waals surface area contributed by atoms with Gasteiger partial charge in [0, 0.05) is 34.5 Å². The van der Waals surface area contributed by atoms with Crippen LogP contribution >= 0.6 is 23.2 Å². The summed E-state index contributed by atoms with van der Waals surface area (Å²) in [6, 6.07) is 12.2. The molecule has 0 aliphatic heterocycles. The minimum Gasteiger partial charge on any atom is -0.348 e. The number of hydrogen-bond donors (Lipinski definition) is 1. The van der Waals surface area contributed by atoms with Gasteiger partial charge in [-0.15, -0.1) is 0 Å². The smallest absolute Gasteiger partial charge is 0.348 e. The lowest BCUT2D eigenvalue weighted by Gasteiger charge is -2.09. The number of benzene rings is 2. The quantitative estimate of drug-likeness (QED) is 0.337. The Kier molecular flexibility index (Phi) is 7.18. The van der Waals surface area contributed by atoms with Crippen LogP contribution in [0.1, 0.15) is 38.3 Å². The topological polar surface area (TPSA) is 64.7 Å². The summed E-state index contributed by atoms with van der Waals surface area (Å²) in [5.41, 5.74) is 1.35. The van der Waals surface area contributed by atoms with Gasteiger partial charge in [0.05, 0.1) is 24.8 Å². The maximum absolute atomic E-state index is 13.6. The molecular formula is C24H20Cl2F3N5O. The van der Waals surface area contributed by atoms with Gasteiger partial charge in [0.25, 0.3) is 5.91 Å². The molecule has 35 heavy (non-hydrogen) atoms. The monoisotopic (exact) mass is 521 g/mol. The van der Waals surface area contributed by atoms with Crippen LogP contribution in [0.25, 0.3) is 0 Å². The van der Waals surface area contributed by atoms with Crippen molar-refractivity contribution in [3.8, 4) is 0 Å². The van der Waals surface area contributed by atoms with Gasteiger partial charge in [-0.3, -0.25) is 14.2 Å². The summed E-state index contributed by atoms with van der Waals surface area (Å²) in [6.07, 6.45) is -0.0256. The number of nitrogens with one attached hydrogen (secondary N) is 1. The van der Waals surface area contributed by atoms with Crippen molar-refractivity contribution in [1.29, 1.82) is 0 Å². The number of carbonyl (C=O) groups excluding carboxylic acids is 1. The maximum Gasteiger partial charge on any atom is 0.435 e. The normalized spacial score (nSPS) is 11.6. The van der Waals surface area contributed by atoms with E-state index in [2.05, 4.69) is 15.5 Å². The third-order valence-electron chi connectivity index (χ3n) is 5.24. The van der Waals surface area contributed by atoms with Gasteiger partial charge in [0.2, 0.25) is 0 Å². The molecule has 1 N–H and O–H groups in total. The number of halogens is 5. The largest absolute Gasteiger partial charge is 0.435 e. The summed E-state index contributed by atoms with van der Waals surface area (Å²) in [6.45, 7) is 2.46. The summed E-state index contributed by atoms with van der Waals surface area (Å²) in [4.78, 5) is 12.6. The van der Waals surface area contributed by atoms with Gasteiger partial charge in [0.15, 0.2) is 5.69 Å². The highest BCUT2D eigenvalue weighted by Crippen LogP contribution is 2.31. The predicted octanol–water partition coefficient (Wildman–Crippen LogP) is 5.74. The van der Waals surface area contributed by atoms with Crippen molar-refractivity contribution < 1.29 is 18.0 Å². The van der Waals surface area contributed by atoms with Crippen molar-refractivity contribution in [1.82, 2.24) is 24.9 Å². The van der Waals surface area contributed by atoms with E-state index in [9.17, 15) is 18.0 Å². The van der Waals surface area contributed by atoms with Crippen molar-refractivity contribution in [3.05, 3.63) is 105 Å². The van der Waals surface area contributed by atoms with Gasteiger partial charge in [-0.25, -0.2) is 0 Å². The van der Waals surface area contributed by atoms with E-state index in [1.807, 2.05) is 25.3 Å². The molecule has 0 radical (unpaired) electrons. The SMILES string of the molecule is Cc1cnn(Cc2ccc(Cn3cc(C(=O)NCc4c(Cl)cccc4Cl)c(C(F)(F)F)n3)cc2)c1. The summed E-state index contributed by atoms with van der Waals surface area (Å²) in [5.74, 6) is -0.926. The van der Waals surface area contributed by atoms with Gasteiger partial charge in [-0.2, -0.15) is 23.4 Å². The Morgan fingerprint density at radius 2 is 1.57 bits per heavy atom. The number of hydrogen-bond acceptors (Lipinski definition) is 3. The Morgan fingerprint density at radius 1 is 0.971 bits per heavy atom. The molecular weight excluding hydrogens is 502 g/mol. The fourth-order valence-corrected chi connectivity index (χ4v) is 4.05. The van der Waals surface area contributed by atoms with E-state index in [-0.39, 0.29) is 13.1 Å². The van der Waals surface area contributed by atoms with Crippen molar-refractivity contribution in [3.63, 3.8) is 0 Å². The van der Waals surface area contributed by atoms with Gasteiger partial charge in [-0.05, 0) is 35.7 Å². The number of carbonyl (C=O) groups is 1. The van der Waals surface area contributed by atoms with Gasteiger partial charge < -0.3 is 5.32 Å². The molecule has 2 aromatic carbocycles. The first-order valence-corrected chi connectivity index (χ1v) is 11.3. The van der Waals surface area contributed by atoms with E-state index in [0.29, 0.717) is 22.2 Å². The van der Waals surface area contributed by atoms with Crippen LogP contribution in [0.3, 0.4) is 0 Å². The number of aryl methyl sites for hydroxylation is 1. The van der Waals surface area contributed by atoms with E-state index in [1.54, 1.807) is 41.2 Å². The molecule has 182 valence electrons. The molecule has 4 rings (SSSR count). The highest BCUT2D eigenvalue weighted by molar-refractivity contribution is 6.36. The molecule has 4 aromatic rings. The Balaban J connectivity index is 1.49. The number of nitrogens with zero attached hydrogens (tertiary/aromatic N) is 4. The Hall–Kier alpha value is -3.30. The van der Waals surface area contributed by atoms with E-state index in [1.165, 1.54) is 0 Å². The molecule has 2 heterocycles. The summed E-state index contributed by atoms with van der Waals surface area (Å²) in [5, 5.41) is 10.9. The summed E-state index contributed by atoms with van der Waals surface area (Å²) >= 11 is 12.2. The molecule has 2 aromatic heterocycles. The molecule has 0 unspecified atom stereocenters. The minimum absolute atomic E-state index is 0.0634. The second-order valence-electron chi connectivity index (χ2n) is 8.00. The Labute approximate surface area is 209 Å². The Morgan fingerprint density at radius 3 is 2.11 bits per heavy atom. The molecule has 0 saturated carbocycles. The fraction of sp³-hybridized carbons (Fsp3) is 0.208. The first-order chi connectivity index (χ1) is 16.6. The molecule has 0 bridgehead atoms. The van der Waals surface area contributed by atoms with E-state index in [0.717, 1.165) is 27.6 Å². The number of alkyl halides is 3. The van der Waals surface area contributed by atoms with Crippen LogP contribution in [0.2, 0.25) is 10.0 Å². The summed E-state index contributed by atoms with van der Waals surface area (Å²) < 4.78 is 43.7. The highest BCUT2D eigenvalue weighted by atomic mass is 35.5. The first-order valence-electron chi connectivity index (χ1n) is 10.5. The average molecular weight is 522 g/mol. The highest BCUT2D eigenvalue weighted by Gasteiger charge is 2.39. The average Bonchev–Trinajstić information content (AvgIpc) is 3.41. The zero-order valence-electron chi connectivity index (χ0n) is 18.5. The second-order valence-corrected chi connectivity index (χ2v) is 8.82. The molecule has 11 heteroatoms. The van der Waals surface area contributed by atoms with Crippen LogP contribution in [0.5, 0.6) is 0 Å². The lowest BCUT2D eigenvalue weighted by atomic mass is 10.1. The molecule has 6 nitrogen and oxygen atoms in total. The van der Waals surface area contributed by atoms with Crippen LogP contribution < -0.4 is 5.32 Å². The van der Waals surface area contributed by atoms with E-state index >= 15 is 0 Å². The number of aromatic nitrogens is 4. The number of amides is 1. The third kappa shape index (κ3) is 6.04. The minimum atomic E-state index is -4.80. The molecule has 0 aliphatic carbocycles. The number of rotatable bonds is 7. The molecule has 0 saturated heterocycles. The van der Waals surface area contributed by atoms with E-state index in [4.69, 9.17) is 23.2 Å². The molecule has 0 atom stereocenters. The molecule has 0 fully saturated rings. The first kappa shape index (κ1) is 24.8. The lowest BCUT2D eigenvalue weighted by molar-refractivity contribution is -0.141. The van der Waals surface area contributed by atoms with Crippen molar-refractivity contribution in [2.75, 3.05) is 0 Å². The molecule has 0 spiro atoms. The Bertz CT molecular complexity index is 1330. The van der Waals surface area contributed by atoms with Crippen molar-refractivity contribution >= 4 is 29.1 Å². The zero-order valence-corrected chi connectivity index (χ0v) is 20.0. The zero-order chi connectivity index (χ0) is 25.2. The lowest BCUT2D eigenvalue weighted by Crippen LogP contribution is -2.25. The second kappa shape index (κ2) is 10.1. The molecule has 1 amide bonds. The van der Waals surface area contributed by atoms with Crippen LogP contribution in [0, 0.1) is 6.92 Å². The fourth-order valence-electron chi connectivity index (χ4n) is 3.52. The van der Waals surface area contributed by atoms with Crippen LogP contribution in [0.4, 0.5) is 13.2 Å². The van der Waals surface area contributed by atoms with Crippen LogP contribution in [-0.2, 0) is 25.8 Å². The van der Waals surface area contributed by atoms with Gasteiger partial charge in [0.1, 0.15) is 0 Å². The van der Waals surface area contributed by atoms with E-state index < -0.39 is 23.3 Å². The maximum atomic E-state index is 13.6. The predicted molar refractivity (Wildman–Crippen MR) is 126 cm³/mol. The van der Waals surface area contributed by atoms with Crippen molar-refractivity contribution in [2.24, 2.45) is 0 Å². The van der Waals surface area contributed by atoms with Crippen molar-refractivity contribution in [2.45, 2.75) is 32.7 Å². The standard InChI is InChI=1S/C24H20Cl2F3N5O/c1-15-9-31-33(11-15)12-16-5-7-17(8-6-16)13-34-14-19(22(32-34)24(27,28)29)23(35)30-10-18-20(25)3-2-4-21(18)26/h2-9,11,14H,10,12-13H2,1H3,(H,30,35). The molecule has 0 aliphatic rings.